The Labute approximate surface area is 116 Å². The normalized spacial score (nSPS) is 23.7. The van der Waals surface area contributed by atoms with Gasteiger partial charge in [-0.25, -0.2) is 0 Å². The first kappa shape index (κ1) is 11.9. The molecule has 0 saturated heterocycles. The van der Waals surface area contributed by atoms with Crippen molar-refractivity contribution in [3.63, 3.8) is 0 Å². The predicted octanol–water partition coefficient (Wildman–Crippen LogP) is 4.29. The Balaban J connectivity index is 1.77. The molecule has 0 aliphatic heterocycles. The van der Waals surface area contributed by atoms with Gasteiger partial charge in [0.25, 0.3) is 0 Å². The number of rotatable bonds is 3. The van der Waals surface area contributed by atoms with E-state index in [1.165, 1.54) is 5.56 Å². The molecular weight excluding hydrogens is 288 g/mol. The van der Waals surface area contributed by atoms with Crippen molar-refractivity contribution in [2.45, 2.75) is 18.4 Å². The molecule has 3 unspecified atom stereocenters. The molecular formula is C16H15BrO. The van der Waals surface area contributed by atoms with E-state index in [-0.39, 0.29) is 6.10 Å². The van der Waals surface area contributed by atoms with Crippen molar-refractivity contribution in [3.8, 4) is 0 Å². The second-order valence-electron chi connectivity index (χ2n) is 4.88. The Kier molecular flexibility index (Phi) is 3.23. The first-order valence-corrected chi connectivity index (χ1v) is 7.04. The fourth-order valence-corrected chi connectivity index (χ4v) is 3.11. The number of benzene rings is 2. The molecule has 1 aliphatic rings. The molecule has 0 spiro atoms. The zero-order valence-corrected chi connectivity index (χ0v) is 11.5. The molecule has 1 saturated carbocycles. The van der Waals surface area contributed by atoms with Crippen molar-refractivity contribution in [1.82, 2.24) is 0 Å². The fraction of sp³-hybridized carbons (Fsp3) is 0.250. The second-order valence-corrected chi connectivity index (χ2v) is 5.74. The van der Waals surface area contributed by atoms with Crippen molar-refractivity contribution in [2.24, 2.45) is 5.92 Å². The molecule has 0 radical (unpaired) electrons. The SMILES string of the molecule is OC(c1ccccc1Br)C1CC1c1ccccc1. The number of aliphatic hydroxyl groups is 1. The minimum Gasteiger partial charge on any atom is -0.388 e. The first-order valence-electron chi connectivity index (χ1n) is 6.25. The summed E-state index contributed by atoms with van der Waals surface area (Å²) >= 11 is 3.51. The first-order chi connectivity index (χ1) is 8.77. The van der Waals surface area contributed by atoms with Crippen molar-refractivity contribution in [1.29, 1.82) is 0 Å². The molecule has 2 aromatic rings. The highest BCUT2D eigenvalue weighted by Crippen LogP contribution is 2.54. The van der Waals surface area contributed by atoms with Gasteiger partial charge in [0.1, 0.15) is 0 Å². The second kappa shape index (κ2) is 4.87. The van der Waals surface area contributed by atoms with Crippen LogP contribution in [-0.4, -0.2) is 5.11 Å². The van der Waals surface area contributed by atoms with E-state index in [9.17, 15) is 5.11 Å². The van der Waals surface area contributed by atoms with Crippen LogP contribution in [0.3, 0.4) is 0 Å². The zero-order valence-electron chi connectivity index (χ0n) is 9.96. The van der Waals surface area contributed by atoms with E-state index in [1.54, 1.807) is 0 Å². The van der Waals surface area contributed by atoms with Crippen LogP contribution in [0.15, 0.2) is 59.1 Å². The Hall–Kier alpha value is -1.12. The van der Waals surface area contributed by atoms with Crippen LogP contribution in [-0.2, 0) is 0 Å². The number of hydrogen-bond donors (Lipinski definition) is 1. The summed E-state index contributed by atoms with van der Waals surface area (Å²) in [5.41, 5.74) is 2.34. The van der Waals surface area contributed by atoms with Crippen LogP contribution < -0.4 is 0 Å². The van der Waals surface area contributed by atoms with Gasteiger partial charge in [-0.05, 0) is 35.4 Å². The van der Waals surface area contributed by atoms with E-state index in [4.69, 9.17) is 0 Å². The molecule has 18 heavy (non-hydrogen) atoms. The lowest BCUT2D eigenvalue weighted by Crippen LogP contribution is -2.02. The molecule has 2 heteroatoms. The minimum absolute atomic E-state index is 0.353. The third kappa shape index (κ3) is 2.23. The summed E-state index contributed by atoms with van der Waals surface area (Å²) in [5, 5.41) is 10.4. The monoisotopic (exact) mass is 302 g/mol. The number of hydrogen-bond acceptors (Lipinski definition) is 1. The van der Waals surface area contributed by atoms with Crippen LogP contribution in [0.5, 0.6) is 0 Å². The van der Waals surface area contributed by atoms with E-state index in [1.807, 2.05) is 30.3 Å². The topological polar surface area (TPSA) is 20.2 Å². The highest BCUT2D eigenvalue weighted by molar-refractivity contribution is 9.10. The van der Waals surface area contributed by atoms with Gasteiger partial charge < -0.3 is 5.11 Å². The van der Waals surface area contributed by atoms with E-state index < -0.39 is 0 Å². The van der Waals surface area contributed by atoms with Gasteiger partial charge in [0.15, 0.2) is 0 Å². The highest BCUT2D eigenvalue weighted by atomic mass is 79.9. The maximum absolute atomic E-state index is 10.4. The molecule has 3 rings (SSSR count). The average molecular weight is 303 g/mol. The highest BCUT2D eigenvalue weighted by Gasteiger charge is 2.44. The lowest BCUT2D eigenvalue weighted by molar-refractivity contribution is 0.150. The summed E-state index contributed by atoms with van der Waals surface area (Å²) in [6.45, 7) is 0. The zero-order chi connectivity index (χ0) is 12.5. The smallest absolute Gasteiger partial charge is 0.0835 e. The van der Waals surface area contributed by atoms with Gasteiger partial charge in [-0.3, -0.25) is 0 Å². The molecule has 1 nitrogen and oxygen atoms in total. The predicted molar refractivity (Wildman–Crippen MR) is 76.4 cm³/mol. The third-order valence-electron chi connectivity index (χ3n) is 3.70. The molecule has 0 aromatic heterocycles. The Morgan fingerprint density at radius 3 is 2.39 bits per heavy atom. The van der Waals surface area contributed by atoms with Crippen LogP contribution in [0.25, 0.3) is 0 Å². The van der Waals surface area contributed by atoms with Gasteiger partial charge in [0, 0.05) is 4.47 Å². The van der Waals surface area contributed by atoms with E-state index in [2.05, 4.69) is 40.2 Å². The van der Waals surface area contributed by atoms with Gasteiger partial charge in [0.2, 0.25) is 0 Å². The maximum atomic E-state index is 10.4. The fourth-order valence-electron chi connectivity index (χ4n) is 2.59. The molecule has 1 fully saturated rings. The average Bonchev–Trinajstić information content (AvgIpc) is 3.20. The van der Waals surface area contributed by atoms with Crippen LogP contribution in [0.4, 0.5) is 0 Å². The van der Waals surface area contributed by atoms with Crippen LogP contribution in [0, 0.1) is 5.92 Å². The summed E-state index contributed by atoms with van der Waals surface area (Å²) in [5.74, 6) is 0.861. The summed E-state index contributed by atoms with van der Waals surface area (Å²) in [7, 11) is 0. The van der Waals surface area contributed by atoms with E-state index in [0.717, 1.165) is 16.5 Å². The Morgan fingerprint density at radius 2 is 1.67 bits per heavy atom. The number of halogens is 1. The summed E-state index contributed by atoms with van der Waals surface area (Å²) < 4.78 is 0.996. The van der Waals surface area contributed by atoms with Gasteiger partial charge in [0.05, 0.1) is 6.10 Å². The van der Waals surface area contributed by atoms with Crippen LogP contribution in [0.1, 0.15) is 29.6 Å². The molecule has 0 heterocycles. The van der Waals surface area contributed by atoms with Gasteiger partial charge in [-0.2, -0.15) is 0 Å². The molecule has 92 valence electrons. The molecule has 3 atom stereocenters. The lowest BCUT2D eigenvalue weighted by atomic mass is 10.0. The van der Waals surface area contributed by atoms with E-state index in [0.29, 0.717) is 11.8 Å². The minimum atomic E-state index is -0.370. The largest absolute Gasteiger partial charge is 0.388 e. The Morgan fingerprint density at radius 1 is 1.00 bits per heavy atom. The quantitative estimate of drug-likeness (QED) is 0.897. The van der Waals surface area contributed by atoms with Crippen LogP contribution >= 0.6 is 15.9 Å². The Bertz CT molecular complexity index is 538. The standard InChI is InChI=1S/C16H15BrO/c17-15-9-5-4-8-12(15)16(18)14-10-13(14)11-6-2-1-3-7-11/h1-9,13-14,16,18H,10H2. The van der Waals surface area contributed by atoms with Crippen molar-refractivity contribution in [3.05, 3.63) is 70.2 Å². The molecule has 0 amide bonds. The van der Waals surface area contributed by atoms with Crippen LogP contribution in [0.2, 0.25) is 0 Å². The third-order valence-corrected chi connectivity index (χ3v) is 4.42. The summed E-state index contributed by atoms with van der Waals surface area (Å²) in [6.07, 6.45) is 0.706. The van der Waals surface area contributed by atoms with Crippen molar-refractivity contribution in [2.75, 3.05) is 0 Å². The van der Waals surface area contributed by atoms with Gasteiger partial charge >= 0.3 is 0 Å². The maximum Gasteiger partial charge on any atom is 0.0835 e. The summed E-state index contributed by atoms with van der Waals surface area (Å²) in [4.78, 5) is 0. The van der Waals surface area contributed by atoms with Gasteiger partial charge in [-0.1, -0.05) is 64.5 Å². The van der Waals surface area contributed by atoms with E-state index >= 15 is 0 Å². The van der Waals surface area contributed by atoms with Crippen molar-refractivity contribution >= 4 is 15.9 Å². The van der Waals surface area contributed by atoms with Gasteiger partial charge in [-0.15, -0.1) is 0 Å². The summed E-state index contributed by atoms with van der Waals surface area (Å²) in [6, 6.07) is 18.4. The molecule has 1 N–H and O–H groups in total. The number of aliphatic hydroxyl groups excluding tert-OH is 1. The lowest BCUT2D eigenvalue weighted by Gasteiger charge is -2.12. The van der Waals surface area contributed by atoms with Crippen molar-refractivity contribution < 1.29 is 5.11 Å². The molecule has 2 aromatic carbocycles. The molecule has 0 bridgehead atoms. The molecule has 1 aliphatic carbocycles.